The van der Waals surface area contributed by atoms with Gasteiger partial charge in [-0.1, -0.05) is 0 Å². The molecule has 1 fully saturated rings. The van der Waals surface area contributed by atoms with Crippen LogP contribution in [-0.4, -0.2) is 35.5 Å². The van der Waals surface area contributed by atoms with Gasteiger partial charge in [-0.25, -0.2) is 0 Å². The van der Waals surface area contributed by atoms with Gasteiger partial charge in [-0.05, 0) is 32.0 Å². The highest BCUT2D eigenvalue weighted by Crippen LogP contribution is 2.34. The van der Waals surface area contributed by atoms with Crippen molar-refractivity contribution in [1.82, 2.24) is 4.90 Å². The molecule has 0 aromatic heterocycles. The average molecular weight is 261 g/mol. The number of benzene rings is 1. The Labute approximate surface area is 111 Å². The predicted octanol–water partition coefficient (Wildman–Crippen LogP) is 1.61. The van der Waals surface area contributed by atoms with Crippen LogP contribution in [0.1, 0.15) is 30.6 Å². The Morgan fingerprint density at radius 1 is 1.26 bits per heavy atom. The Balaban J connectivity index is 1.91. The third kappa shape index (κ3) is 1.77. The first-order chi connectivity index (χ1) is 9.00. The van der Waals surface area contributed by atoms with E-state index in [1.54, 1.807) is 36.9 Å². The summed E-state index contributed by atoms with van der Waals surface area (Å²) in [7, 11) is 0. The highest BCUT2D eigenvalue weighted by atomic mass is 16.7. The minimum Gasteiger partial charge on any atom is -0.454 e. The smallest absolute Gasteiger partial charge is 0.254 e. The summed E-state index contributed by atoms with van der Waals surface area (Å²) in [6.45, 7) is 4.22. The minimum absolute atomic E-state index is 0.0987. The fraction of sp³-hybridized carbons (Fsp3) is 0.429. The molecule has 0 atom stereocenters. The first kappa shape index (κ1) is 12.0. The van der Waals surface area contributed by atoms with Gasteiger partial charge in [-0.3, -0.25) is 9.59 Å². The van der Waals surface area contributed by atoms with Gasteiger partial charge in [0.15, 0.2) is 17.3 Å². The van der Waals surface area contributed by atoms with E-state index in [4.69, 9.17) is 9.47 Å². The zero-order valence-electron chi connectivity index (χ0n) is 10.9. The van der Waals surface area contributed by atoms with Crippen molar-refractivity contribution in [3.8, 4) is 11.5 Å². The third-order valence-corrected chi connectivity index (χ3v) is 3.78. The summed E-state index contributed by atoms with van der Waals surface area (Å²) in [5.74, 6) is 1.18. The number of hydrogen-bond donors (Lipinski definition) is 0. The first-order valence-electron chi connectivity index (χ1n) is 6.25. The van der Waals surface area contributed by atoms with Gasteiger partial charge in [-0.15, -0.1) is 0 Å². The third-order valence-electron chi connectivity index (χ3n) is 3.78. The zero-order valence-corrected chi connectivity index (χ0v) is 10.9. The van der Waals surface area contributed by atoms with Gasteiger partial charge < -0.3 is 14.4 Å². The van der Waals surface area contributed by atoms with Gasteiger partial charge in [0.2, 0.25) is 6.79 Å². The van der Waals surface area contributed by atoms with Crippen molar-refractivity contribution >= 4 is 11.7 Å². The fourth-order valence-corrected chi connectivity index (χ4v) is 2.49. The monoisotopic (exact) mass is 261 g/mol. The van der Waals surface area contributed by atoms with Crippen LogP contribution in [0.5, 0.6) is 11.5 Å². The molecule has 0 unspecified atom stereocenters. The van der Waals surface area contributed by atoms with Crippen molar-refractivity contribution in [3.05, 3.63) is 23.8 Å². The summed E-state index contributed by atoms with van der Waals surface area (Å²) in [6.07, 6.45) is 0.420. The van der Waals surface area contributed by atoms with E-state index in [1.165, 1.54) is 0 Å². The Kier molecular flexibility index (Phi) is 2.52. The molecule has 100 valence electrons. The molecule has 1 aromatic rings. The summed E-state index contributed by atoms with van der Waals surface area (Å²) in [6, 6.07) is 5.10. The van der Waals surface area contributed by atoms with Crippen molar-refractivity contribution in [2.24, 2.45) is 0 Å². The lowest BCUT2D eigenvalue weighted by Crippen LogP contribution is -2.46. The summed E-state index contributed by atoms with van der Waals surface area (Å²) in [5, 5.41) is 0. The molecule has 0 bridgehead atoms. The van der Waals surface area contributed by atoms with Gasteiger partial charge in [0.05, 0.1) is 5.54 Å². The van der Waals surface area contributed by atoms with Crippen molar-refractivity contribution in [2.75, 3.05) is 13.3 Å². The second-order valence-electron chi connectivity index (χ2n) is 5.26. The molecule has 19 heavy (non-hydrogen) atoms. The van der Waals surface area contributed by atoms with Crippen molar-refractivity contribution in [1.29, 1.82) is 0 Å². The van der Waals surface area contributed by atoms with Gasteiger partial charge in [-0.2, -0.15) is 0 Å². The largest absolute Gasteiger partial charge is 0.454 e. The lowest BCUT2D eigenvalue weighted by Gasteiger charge is -2.30. The highest BCUT2D eigenvalue weighted by Gasteiger charge is 2.43. The number of ketones is 1. The van der Waals surface area contributed by atoms with Gasteiger partial charge in [0.1, 0.15) is 0 Å². The van der Waals surface area contributed by atoms with E-state index >= 15 is 0 Å². The molecule has 2 heterocycles. The van der Waals surface area contributed by atoms with Gasteiger partial charge in [0.25, 0.3) is 5.91 Å². The van der Waals surface area contributed by atoms with Crippen LogP contribution in [0.15, 0.2) is 18.2 Å². The van der Waals surface area contributed by atoms with Crippen LogP contribution in [0.3, 0.4) is 0 Å². The Morgan fingerprint density at radius 2 is 2.00 bits per heavy atom. The number of hydrogen-bond acceptors (Lipinski definition) is 4. The van der Waals surface area contributed by atoms with Crippen LogP contribution < -0.4 is 9.47 Å². The number of rotatable bonds is 1. The maximum atomic E-state index is 12.5. The molecule has 1 amide bonds. The van der Waals surface area contributed by atoms with Crippen molar-refractivity contribution < 1.29 is 19.1 Å². The number of nitrogens with zero attached hydrogens (tertiary/aromatic N) is 1. The molecular weight excluding hydrogens is 246 g/mol. The molecule has 1 aromatic carbocycles. The maximum absolute atomic E-state index is 12.5. The number of amides is 1. The topological polar surface area (TPSA) is 55.8 Å². The SMILES string of the molecule is CC1(C)C(=O)CCN1C(=O)c1ccc2c(c1)OCO2. The summed E-state index contributed by atoms with van der Waals surface area (Å²) in [4.78, 5) is 25.9. The molecular formula is C14H15NO4. The number of ether oxygens (including phenoxy) is 2. The second kappa shape index (κ2) is 3.98. The Bertz CT molecular complexity index is 565. The predicted molar refractivity (Wildman–Crippen MR) is 67.3 cm³/mol. The molecule has 3 rings (SSSR count). The molecule has 0 saturated carbocycles. The first-order valence-corrected chi connectivity index (χ1v) is 6.25. The van der Waals surface area contributed by atoms with E-state index in [0.717, 1.165) is 0 Å². The molecule has 2 aliphatic rings. The number of carbonyl (C=O) groups is 2. The van der Waals surface area contributed by atoms with Crippen LogP contribution in [0.2, 0.25) is 0 Å². The number of Topliss-reactive ketones (excluding diaryl/α,β-unsaturated/α-hetero) is 1. The zero-order chi connectivity index (χ0) is 13.6. The van der Waals surface area contributed by atoms with E-state index in [2.05, 4.69) is 0 Å². The fourth-order valence-electron chi connectivity index (χ4n) is 2.49. The van der Waals surface area contributed by atoms with E-state index in [0.29, 0.717) is 30.0 Å². The standard InChI is InChI=1S/C14H15NO4/c1-14(2)12(16)5-6-15(14)13(17)9-3-4-10-11(7-9)19-8-18-10/h3-4,7H,5-6,8H2,1-2H3. The average Bonchev–Trinajstić information content (AvgIpc) is 2.94. The normalized spacial score (nSPS) is 19.9. The quantitative estimate of drug-likeness (QED) is 0.770. The lowest BCUT2D eigenvalue weighted by molar-refractivity contribution is -0.123. The van der Waals surface area contributed by atoms with E-state index in [9.17, 15) is 9.59 Å². The van der Waals surface area contributed by atoms with Crippen LogP contribution in [-0.2, 0) is 4.79 Å². The van der Waals surface area contributed by atoms with Gasteiger partial charge in [0, 0.05) is 18.5 Å². The van der Waals surface area contributed by atoms with E-state index in [1.807, 2.05) is 0 Å². The van der Waals surface area contributed by atoms with Crippen molar-refractivity contribution in [2.45, 2.75) is 25.8 Å². The number of likely N-dealkylation sites (tertiary alicyclic amines) is 1. The molecule has 0 aliphatic carbocycles. The lowest BCUT2D eigenvalue weighted by atomic mass is 10.00. The molecule has 0 spiro atoms. The molecule has 2 aliphatic heterocycles. The number of fused-ring (bicyclic) bond motifs is 1. The summed E-state index contributed by atoms with van der Waals surface area (Å²) < 4.78 is 10.5. The molecule has 5 nitrogen and oxygen atoms in total. The molecule has 5 heteroatoms. The highest BCUT2D eigenvalue weighted by molar-refractivity contribution is 6.02. The maximum Gasteiger partial charge on any atom is 0.254 e. The number of carbonyl (C=O) groups excluding carboxylic acids is 2. The van der Waals surface area contributed by atoms with Crippen LogP contribution in [0.4, 0.5) is 0 Å². The van der Waals surface area contributed by atoms with Crippen molar-refractivity contribution in [3.63, 3.8) is 0 Å². The Morgan fingerprint density at radius 3 is 2.68 bits per heavy atom. The molecule has 0 radical (unpaired) electrons. The Hall–Kier alpha value is -2.04. The van der Waals surface area contributed by atoms with Crippen LogP contribution in [0.25, 0.3) is 0 Å². The molecule has 1 saturated heterocycles. The second-order valence-corrected chi connectivity index (χ2v) is 5.26. The van der Waals surface area contributed by atoms with Crippen LogP contribution in [0, 0.1) is 0 Å². The minimum atomic E-state index is -0.729. The summed E-state index contributed by atoms with van der Waals surface area (Å²) in [5.41, 5.74) is -0.208. The molecule has 0 N–H and O–H groups in total. The van der Waals surface area contributed by atoms with Gasteiger partial charge >= 0.3 is 0 Å². The van der Waals surface area contributed by atoms with Crippen LogP contribution >= 0.6 is 0 Å². The summed E-state index contributed by atoms with van der Waals surface area (Å²) >= 11 is 0. The van der Waals surface area contributed by atoms with E-state index in [-0.39, 0.29) is 18.5 Å². The van der Waals surface area contributed by atoms with E-state index < -0.39 is 5.54 Å².